The average molecular weight is 298 g/mol. The highest BCUT2D eigenvalue weighted by Gasteiger charge is 2.18. The molecular formula is C12H14N2O5S. The van der Waals surface area contributed by atoms with Gasteiger partial charge in [-0.15, -0.1) is 0 Å². The van der Waals surface area contributed by atoms with Crippen LogP contribution in [0, 0.1) is 10.1 Å². The molecule has 20 heavy (non-hydrogen) atoms. The second kappa shape index (κ2) is 7.49. The molecule has 1 atom stereocenters. The highest BCUT2D eigenvalue weighted by Crippen LogP contribution is 2.18. The molecule has 0 heterocycles. The van der Waals surface area contributed by atoms with Gasteiger partial charge in [0.2, 0.25) is 5.91 Å². The monoisotopic (exact) mass is 298 g/mol. The molecule has 0 radical (unpaired) electrons. The van der Waals surface area contributed by atoms with Crippen LogP contribution in [-0.4, -0.2) is 33.7 Å². The van der Waals surface area contributed by atoms with E-state index in [4.69, 9.17) is 5.11 Å². The number of hydrogen-bond donors (Lipinski definition) is 2. The molecule has 2 N–H and O–H groups in total. The molecule has 0 saturated carbocycles. The van der Waals surface area contributed by atoms with Crippen molar-refractivity contribution < 1.29 is 19.6 Å². The smallest absolute Gasteiger partial charge is 0.327 e. The minimum atomic E-state index is -1.10. The summed E-state index contributed by atoms with van der Waals surface area (Å²) in [7, 11) is 0. The van der Waals surface area contributed by atoms with Gasteiger partial charge in [0.15, 0.2) is 0 Å². The Balaban J connectivity index is 2.54. The Morgan fingerprint density at radius 3 is 2.75 bits per heavy atom. The molecule has 1 rings (SSSR count). The standard InChI is InChI=1S/C12H14N2O5S/c1-8(15)13-11(12(16)17)7-20-6-9-3-2-4-10(5-9)14(18)19/h2-5,11H,6-7H2,1H3,(H,13,15)(H,16,17)/t11-/m0/s1. The van der Waals surface area contributed by atoms with Gasteiger partial charge in [-0.2, -0.15) is 11.8 Å². The predicted octanol–water partition coefficient (Wildman–Crippen LogP) is 1.42. The summed E-state index contributed by atoms with van der Waals surface area (Å²) in [4.78, 5) is 31.9. The van der Waals surface area contributed by atoms with E-state index in [1.54, 1.807) is 12.1 Å². The number of nitro groups is 1. The number of nitrogens with zero attached hydrogens (tertiary/aromatic N) is 1. The number of amides is 1. The van der Waals surface area contributed by atoms with Crippen molar-refractivity contribution >= 4 is 29.3 Å². The molecule has 0 aromatic heterocycles. The van der Waals surface area contributed by atoms with Crippen LogP contribution in [0.2, 0.25) is 0 Å². The summed E-state index contributed by atoms with van der Waals surface area (Å²) in [6, 6.07) is 5.19. The van der Waals surface area contributed by atoms with E-state index in [-0.39, 0.29) is 11.4 Å². The van der Waals surface area contributed by atoms with Crippen LogP contribution in [0.5, 0.6) is 0 Å². The molecular weight excluding hydrogens is 284 g/mol. The number of carbonyl (C=O) groups is 2. The first kappa shape index (κ1) is 16.0. The Labute approximate surface area is 119 Å². The Kier molecular flexibility index (Phi) is 5.98. The van der Waals surface area contributed by atoms with E-state index < -0.39 is 22.8 Å². The molecule has 0 aliphatic carbocycles. The molecule has 108 valence electrons. The lowest BCUT2D eigenvalue weighted by Gasteiger charge is -2.12. The van der Waals surface area contributed by atoms with Crippen molar-refractivity contribution in [2.45, 2.75) is 18.7 Å². The second-order valence-electron chi connectivity index (χ2n) is 4.03. The van der Waals surface area contributed by atoms with Crippen molar-refractivity contribution in [1.29, 1.82) is 0 Å². The number of aliphatic carboxylic acids is 1. The Morgan fingerprint density at radius 2 is 2.20 bits per heavy atom. The second-order valence-corrected chi connectivity index (χ2v) is 5.06. The number of nitrogens with one attached hydrogen (secondary N) is 1. The van der Waals surface area contributed by atoms with E-state index in [9.17, 15) is 19.7 Å². The number of non-ortho nitro benzene ring substituents is 1. The first-order chi connectivity index (χ1) is 9.40. The molecule has 1 aromatic rings. The summed E-state index contributed by atoms with van der Waals surface area (Å²) in [5, 5.41) is 21.9. The van der Waals surface area contributed by atoms with Gasteiger partial charge >= 0.3 is 5.97 Å². The number of thioether (sulfide) groups is 1. The molecule has 0 bridgehead atoms. The van der Waals surface area contributed by atoms with Gasteiger partial charge in [0, 0.05) is 30.6 Å². The molecule has 0 spiro atoms. The van der Waals surface area contributed by atoms with Crippen LogP contribution in [0.1, 0.15) is 12.5 Å². The minimum absolute atomic E-state index is 0.000236. The lowest BCUT2D eigenvalue weighted by molar-refractivity contribution is -0.384. The van der Waals surface area contributed by atoms with Gasteiger partial charge in [0.05, 0.1) is 4.92 Å². The summed E-state index contributed by atoms with van der Waals surface area (Å²) >= 11 is 1.29. The van der Waals surface area contributed by atoms with Gasteiger partial charge in [0.25, 0.3) is 5.69 Å². The van der Waals surface area contributed by atoms with Crippen molar-refractivity contribution in [2.24, 2.45) is 0 Å². The van der Waals surface area contributed by atoms with E-state index >= 15 is 0 Å². The van der Waals surface area contributed by atoms with Crippen LogP contribution in [0.15, 0.2) is 24.3 Å². The van der Waals surface area contributed by atoms with Crippen LogP contribution >= 0.6 is 11.8 Å². The molecule has 1 amide bonds. The fourth-order valence-electron chi connectivity index (χ4n) is 1.47. The lowest BCUT2D eigenvalue weighted by atomic mass is 10.2. The maximum Gasteiger partial charge on any atom is 0.327 e. The number of carboxylic acids is 1. The van der Waals surface area contributed by atoms with Crippen molar-refractivity contribution in [3.63, 3.8) is 0 Å². The summed E-state index contributed by atoms with van der Waals surface area (Å²) in [6.07, 6.45) is 0. The van der Waals surface area contributed by atoms with Gasteiger partial charge in [0.1, 0.15) is 6.04 Å². The Morgan fingerprint density at radius 1 is 1.50 bits per heavy atom. The van der Waals surface area contributed by atoms with Crippen molar-refractivity contribution in [2.75, 3.05) is 5.75 Å². The molecule has 0 aliphatic heterocycles. The van der Waals surface area contributed by atoms with Gasteiger partial charge in [-0.1, -0.05) is 12.1 Å². The summed E-state index contributed by atoms with van der Waals surface area (Å²) in [5.41, 5.74) is 0.732. The zero-order chi connectivity index (χ0) is 15.1. The highest BCUT2D eigenvalue weighted by atomic mass is 32.2. The quantitative estimate of drug-likeness (QED) is 0.582. The van der Waals surface area contributed by atoms with E-state index in [2.05, 4.69) is 5.32 Å². The van der Waals surface area contributed by atoms with Crippen LogP contribution in [-0.2, 0) is 15.3 Å². The van der Waals surface area contributed by atoms with Crippen LogP contribution in [0.3, 0.4) is 0 Å². The van der Waals surface area contributed by atoms with Crippen molar-refractivity contribution in [3.05, 3.63) is 39.9 Å². The van der Waals surface area contributed by atoms with E-state index in [0.717, 1.165) is 5.56 Å². The third kappa shape index (κ3) is 5.27. The predicted molar refractivity (Wildman–Crippen MR) is 74.5 cm³/mol. The van der Waals surface area contributed by atoms with Gasteiger partial charge in [-0.05, 0) is 5.56 Å². The van der Waals surface area contributed by atoms with Gasteiger partial charge in [-0.25, -0.2) is 4.79 Å². The summed E-state index contributed by atoms with van der Waals surface area (Å²) in [5.74, 6) is -0.886. The molecule has 1 aromatic carbocycles. The van der Waals surface area contributed by atoms with Gasteiger partial charge in [-0.3, -0.25) is 14.9 Å². The van der Waals surface area contributed by atoms with Crippen LogP contribution in [0.25, 0.3) is 0 Å². The minimum Gasteiger partial charge on any atom is -0.480 e. The topological polar surface area (TPSA) is 110 Å². The lowest BCUT2D eigenvalue weighted by Crippen LogP contribution is -2.41. The number of hydrogen-bond acceptors (Lipinski definition) is 5. The number of carbonyl (C=O) groups excluding carboxylic acids is 1. The SMILES string of the molecule is CC(=O)N[C@@H](CSCc1cccc([N+](=O)[O-])c1)C(=O)O. The number of benzene rings is 1. The maximum absolute atomic E-state index is 10.9. The van der Waals surface area contributed by atoms with Crippen LogP contribution in [0.4, 0.5) is 5.69 Å². The molecule has 7 nitrogen and oxygen atoms in total. The summed E-state index contributed by atoms with van der Waals surface area (Å²) < 4.78 is 0. The maximum atomic E-state index is 10.9. The first-order valence-corrected chi connectivity index (χ1v) is 6.86. The Hall–Kier alpha value is -2.09. The first-order valence-electron chi connectivity index (χ1n) is 5.71. The van der Waals surface area contributed by atoms with Crippen molar-refractivity contribution in [3.8, 4) is 0 Å². The number of carboxylic acid groups (broad SMARTS) is 1. The Bertz CT molecular complexity index is 520. The zero-order valence-electron chi connectivity index (χ0n) is 10.7. The highest BCUT2D eigenvalue weighted by molar-refractivity contribution is 7.98. The molecule has 0 unspecified atom stereocenters. The summed E-state index contributed by atoms with van der Waals surface area (Å²) in [6.45, 7) is 1.25. The van der Waals surface area contributed by atoms with E-state index in [1.165, 1.54) is 30.8 Å². The number of nitro benzene ring substituents is 1. The molecule has 0 aliphatic rings. The fraction of sp³-hybridized carbons (Fsp3) is 0.333. The third-order valence-electron chi connectivity index (χ3n) is 2.35. The molecule has 8 heteroatoms. The normalized spacial score (nSPS) is 11.7. The number of rotatable bonds is 7. The zero-order valence-corrected chi connectivity index (χ0v) is 11.6. The van der Waals surface area contributed by atoms with Gasteiger partial charge < -0.3 is 10.4 Å². The average Bonchev–Trinajstić information content (AvgIpc) is 2.37. The van der Waals surface area contributed by atoms with Crippen molar-refractivity contribution in [1.82, 2.24) is 5.32 Å². The van der Waals surface area contributed by atoms with Crippen LogP contribution < -0.4 is 5.32 Å². The molecule has 0 saturated heterocycles. The third-order valence-corrected chi connectivity index (χ3v) is 3.46. The van der Waals surface area contributed by atoms with E-state index in [1.807, 2.05) is 0 Å². The molecule has 0 fully saturated rings. The van der Waals surface area contributed by atoms with E-state index in [0.29, 0.717) is 5.75 Å². The fourth-order valence-corrected chi connectivity index (χ4v) is 2.47. The largest absolute Gasteiger partial charge is 0.480 e.